The molecule has 12 heteroatoms. The molecule has 2 aromatic carbocycles. The highest BCUT2D eigenvalue weighted by Crippen LogP contribution is 2.34. The van der Waals surface area contributed by atoms with E-state index in [4.69, 9.17) is 27.9 Å². The van der Waals surface area contributed by atoms with Crippen molar-refractivity contribution in [3.05, 3.63) is 76.6 Å². The minimum Gasteiger partial charge on any atom is -0.486 e. The van der Waals surface area contributed by atoms with Crippen molar-refractivity contribution in [2.45, 2.75) is 24.5 Å². The number of aromatic nitrogens is 3. The molecule has 0 radical (unpaired) electrons. The van der Waals surface area contributed by atoms with E-state index in [0.29, 0.717) is 28.3 Å². The van der Waals surface area contributed by atoms with Crippen molar-refractivity contribution in [3.8, 4) is 5.75 Å². The molecule has 0 aliphatic heterocycles. The lowest BCUT2D eigenvalue weighted by Gasteiger charge is -2.12. The fourth-order valence-corrected chi connectivity index (χ4v) is 3.69. The predicted molar refractivity (Wildman–Crippen MR) is 122 cm³/mol. The molecular formula is C21H17Cl2F3N4O2S. The largest absolute Gasteiger partial charge is 0.486 e. The van der Waals surface area contributed by atoms with Crippen LogP contribution in [0.5, 0.6) is 5.75 Å². The van der Waals surface area contributed by atoms with Gasteiger partial charge in [0.25, 0.3) is 0 Å². The Morgan fingerprint density at radius 2 is 1.91 bits per heavy atom. The summed E-state index contributed by atoms with van der Waals surface area (Å²) in [5.74, 6) is 0.431. The molecule has 1 amide bonds. The molecule has 0 bridgehead atoms. The highest BCUT2D eigenvalue weighted by molar-refractivity contribution is 7.99. The average molecular weight is 517 g/mol. The van der Waals surface area contributed by atoms with Crippen LogP contribution in [-0.4, -0.2) is 26.4 Å². The fraction of sp³-hybridized carbons (Fsp3) is 0.190. The maximum absolute atomic E-state index is 12.9. The van der Waals surface area contributed by atoms with Crippen LogP contribution in [0.2, 0.25) is 10.0 Å². The lowest BCUT2D eigenvalue weighted by Crippen LogP contribution is -2.16. The number of allylic oxidation sites excluding steroid dienone is 1. The van der Waals surface area contributed by atoms with Gasteiger partial charge in [-0.1, -0.05) is 41.0 Å². The molecule has 0 aliphatic rings. The van der Waals surface area contributed by atoms with Crippen LogP contribution < -0.4 is 10.1 Å². The summed E-state index contributed by atoms with van der Waals surface area (Å²) in [6, 6.07) is 9.55. The van der Waals surface area contributed by atoms with Gasteiger partial charge in [-0.2, -0.15) is 13.2 Å². The predicted octanol–water partition coefficient (Wildman–Crippen LogP) is 6.10. The molecule has 1 aromatic heterocycles. The second-order valence-electron chi connectivity index (χ2n) is 6.57. The Morgan fingerprint density at radius 1 is 1.18 bits per heavy atom. The second-order valence-corrected chi connectivity index (χ2v) is 8.36. The summed E-state index contributed by atoms with van der Waals surface area (Å²) in [4.78, 5) is 12.3. The van der Waals surface area contributed by atoms with Gasteiger partial charge in [-0.05, 0) is 42.5 Å². The van der Waals surface area contributed by atoms with Gasteiger partial charge in [0, 0.05) is 11.6 Å². The number of nitrogens with zero attached hydrogens (tertiary/aromatic N) is 3. The van der Waals surface area contributed by atoms with Crippen molar-refractivity contribution in [3.63, 3.8) is 0 Å². The van der Waals surface area contributed by atoms with Gasteiger partial charge in [0.05, 0.1) is 22.0 Å². The van der Waals surface area contributed by atoms with Gasteiger partial charge >= 0.3 is 6.18 Å². The normalized spacial score (nSPS) is 11.3. The summed E-state index contributed by atoms with van der Waals surface area (Å²) in [7, 11) is 0. The number of amides is 1. The Bertz CT molecular complexity index is 1140. The van der Waals surface area contributed by atoms with Crippen molar-refractivity contribution in [2.75, 3.05) is 11.1 Å². The van der Waals surface area contributed by atoms with E-state index in [9.17, 15) is 18.0 Å². The Labute approximate surface area is 201 Å². The smallest absolute Gasteiger partial charge is 0.416 e. The van der Waals surface area contributed by atoms with Crippen molar-refractivity contribution in [1.29, 1.82) is 0 Å². The van der Waals surface area contributed by atoms with Gasteiger partial charge in [0.2, 0.25) is 5.91 Å². The minimum atomic E-state index is -4.55. The topological polar surface area (TPSA) is 69.0 Å². The molecule has 0 saturated carbocycles. The number of carbonyl (C=O) groups is 1. The first-order chi connectivity index (χ1) is 15.7. The van der Waals surface area contributed by atoms with Crippen molar-refractivity contribution < 1.29 is 22.7 Å². The lowest BCUT2D eigenvalue weighted by atomic mass is 10.2. The molecule has 3 rings (SSSR count). The van der Waals surface area contributed by atoms with E-state index < -0.39 is 17.6 Å². The molecule has 1 N–H and O–H groups in total. The van der Waals surface area contributed by atoms with Crippen LogP contribution in [-0.2, 0) is 24.1 Å². The van der Waals surface area contributed by atoms with Crippen molar-refractivity contribution in [2.24, 2.45) is 0 Å². The van der Waals surface area contributed by atoms with E-state index >= 15 is 0 Å². The van der Waals surface area contributed by atoms with Gasteiger partial charge < -0.3 is 10.1 Å². The first-order valence-corrected chi connectivity index (χ1v) is 11.1. The first kappa shape index (κ1) is 24.9. The maximum Gasteiger partial charge on any atom is 0.416 e. The Morgan fingerprint density at radius 3 is 2.58 bits per heavy atom. The molecule has 0 aliphatic carbocycles. The number of carbonyl (C=O) groups excluding carboxylic acids is 1. The number of benzene rings is 2. The second kappa shape index (κ2) is 11.0. The Hall–Kier alpha value is -2.69. The van der Waals surface area contributed by atoms with Crippen LogP contribution >= 0.6 is 35.0 Å². The zero-order chi connectivity index (χ0) is 24.0. The number of halogens is 5. The number of hydrogen-bond acceptors (Lipinski definition) is 5. The van der Waals surface area contributed by atoms with Crippen LogP contribution in [0.25, 0.3) is 0 Å². The zero-order valence-corrected chi connectivity index (χ0v) is 19.2. The monoisotopic (exact) mass is 516 g/mol. The van der Waals surface area contributed by atoms with Crippen LogP contribution in [0.15, 0.2) is 60.3 Å². The number of anilines is 1. The summed E-state index contributed by atoms with van der Waals surface area (Å²) in [5.41, 5.74) is -1.03. The molecule has 1 heterocycles. The van der Waals surface area contributed by atoms with Crippen molar-refractivity contribution in [1.82, 2.24) is 14.8 Å². The summed E-state index contributed by atoms with van der Waals surface area (Å²) < 4.78 is 46.2. The number of thioether (sulfide) groups is 1. The molecule has 6 nitrogen and oxygen atoms in total. The van der Waals surface area contributed by atoms with E-state index in [1.54, 1.807) is 34.9 Å². The van der Waals surface area contributed by atoms with Gasteiger partial charge in [-0.15, -0.1) is 16.8 Å². The number of ether oxygens (including phenoxy) is 1. The van der Waals surface area contributed by atoms with Gasteiger partial charge in [0.15, 0.2) is 11.0 Å². The molecular weight excluding hydrogens is 500 g/mol. The quantitative estimate of drug-likeness (QED) is 0.275. The van der Waals surface area contributed by atoms with E-state index in [0.717, 1.165) is 30.0 Å². The third-order valence-electron chi connectivity index (χ3n) is 4.19. The zero-order valence-electron chi connectivity index (χ0n) is 16.9. The third kappa shape index (κ3) is 6.89. The van der Waals surface area contributed by atoms with Gasteiger partial charge in [-0.25, -0.2) is 0 Å². The standard InChI is InChI=1S/C21H17Cl2F3N4O2S/c1-2-9-30-18(11-32-15-6-4-14(22)5-7-15)28-29-20(30)33-12-19(31)27-17-10-13(21(24,25)26)3-8-16(17)23/h2-8,10H,1,9,11-12H2,(H,27,31). The van der Waals surface area contributed by atoms with E-state index in [1.807, 2.05) is 0 Å². The van der Waals surface area contributed by atoms with Crippen molar-refractivity contribution >= 4 is 46.6 Å². The fourth-order valence-electron chi connectivity index (χ4n) is 2.64. The number of nitrogens with one attached hydrogen (secondary N) is 1. The molecule has 0 saturated heterocycles. The molecule has 174 valence electrons. The highest BCUT2D eigenvalue weighted by Gasteiger charge is 2.31. The summed E-state index contributed by atoms with van der Waals surface area (Å²) in [5, 5.41) is 11.6. The number of alkyl halides is 3. The highest BCUT2D eigenvalue weighted by atomic mass is 35.5. The molecule has 0 spiro atoms. The molecule has 0 unspecified atom stereocenters. The summed E-state index contributed by atoms with van der Waals surface area (Å²) in [6.45, 7) is 4.20. The van der Waals surface area contributed by atoms with Crippen LogP contribution in [0, 0.1) is 0 Å². The van der Waals surface area contributed by atoms with Gasteiger partial charge in [0.1, 0.15) is 12.4 Å². The first-order valence-electron chi connectivity index (χ1n) is 9.38. The molecule has 3 aromatic rings. The Kier molecular flexibility index (Phi) is 8.28. The maximum atomic E-state index is 12.9. The van der Waals surface area contributed by atoms with Crippen LogP contribution in [0.1, 0.15) is 11.4 Å². The van der Waals surface area contributed by atoms with Crippen LogP contribution in [0.4, 0.5) is 18.9 Å². The van der Waals surface area contributed by atoms with E-state index in [-0.39, 0.29) is 23.1 Å². The van der Waals surface area contributed by atoms with E-state index in [2.05, 4.69) is 22.1 Å². The molecule has 33 heavy (non-hydrogen) atoms. The average Bonchev–Trinajstić information content (AvgIpc) is 3.14. The minimum absolute atomic E-state index is 0.00203. The summed E-state index contributed by atoms with van der Waals surface area (Å²) >= 11 is 12.8. The lowest BCUT2D eigenvalue weighted by molar-refractivity contribution is -0.137. The number of rotatable bonds is 9. The van der Waals surface area contributed by atoms with Gasteiger partial charge in [-0.3, -0.25) is 9.36 Å². The molecule has 0 atom stereocenters. The summed E-state index contributed by atoms with van der Waals surface area (Å²) in [6.07, 6.45) is -2.91. The number of hydrogen-bond donors (Lipinski definition) is 1. The third-order valence-corrected chi connectivity index (χ3v) is 5.74. The van der Waals surface area contributed by atoms with Crippen LogP contribution in [0.3, 0.4) is 0 Å². The SMILES string of the molecule is C=CCn1c(COc2ccc(Cl)cc2)nnc1SCC(=O)Nc1cc(C(F)(F)F)ccc1Cl. The Balaban J connectivity index is 1.64. The van der Waals surface area contributed by atoms with E-state index in [1.165, 1.54) is 0 Å². The molecule has 0 fully saturated rings.